The predicted molar refractivity (Wildman–Crippen MR) is 98.2 cm³/mol. The summed E-state index contributed by atoms with van der Waals surface area (Å²) in [4.78, 5) is 0. The minimum atomic E-state index is 0.856. The lowest BCUT2D eigenvalue weighted by Gasteiger charge is -1.99. The van der Waals surface area contributed by atoms with E-state index < -0.39 is 0 Å². The summed E-state index contributed by atoms with van der Waals surface area (Å²) in [6, 6.07) is 23.1. The normalized spacial score (nSPS) is 9.65. The van der Waals surface area contributed by atoms with Crippen LogP contribution in [0.15, 0.2) is 91.8 Å². The average Bonchev–Trinajstić information content (AvgIpc) is 2.60. The topological polar surface area (TPSA) is 3.88 Å². The molecule has 1 aromatic heterocycles. The first-order valence-corrected chi connectivity index (χ1v) is 7.88. The Bertz CT molecular complexity index is 689. The van der Waals surface area contributed by atoms with Crippen molar-refractivity contribution >= 4 is 0 Å². The molecule has 0 radical (unpaired) electrons. The zero-order valence-corrected chi connectivity index (χ0v) is 13.9. The molecule has 0 atom stereocenters. The number of allylic oxidation sites excluding steroid dienone is 1. The van der Waals surface area contributed by atoms with E-state index in [2.05, 4.69) is 98.1 Å². The van der Waals surface area contributed by atoms with Gasteiger partial charge in [-0.05, 0) is 31.1 Å². The van der Waals surface area contributed by atoms with Crippen molar-refractivity contribution in [3.63, 3.8) is 0 Å². The van der Waals surface area contributed by atoms with Crippen LogP contribution in [0.2, 0.25) is 0 Å². The van der Waals surface area contributed by atoms with Gasteiger partial charge in [-0.3, -0.25) is 0 Å². The van der Waals surface area contributed by atoms with Gasteiger partial charge in [-0.1, -0.05) is 72.3 Å². The van der Waals surface area contributed by atoms with Crippen molar-refractivity contribution in [2.24, 2.45) is 0 Å². The summed E-state index contributed by atoms with van der Waals surface area (Å²) in [6.07, 6.45) is 6.04. The summed E-state index contributed by atoms with van der Waals surface area (Å²) in [6.45, 7) is 8.77. The quantitative estimate of drug-likeness (QED) is 0.466. The highest BCUT2D eigenvalue weighted by Crippen LogP contribution is 2.16. The highest BCUT2D eigenvalue weighted by Gasteiger charge is 1.99. The molecular formula is C22H24N+. The van der Waals surface area contributed by atoms with Gasteiger partial charge in [0.05, 0.1) is 0 Å². The summed E-state index contributed by atoms with van der Waals surface area (Å²) in [5, 5.41) is 0. The molecule has 0 aliphatic carbocycles. The molecule has 0 saturated heterocycles. The molecule has 2 aromatic carbocycles. The third-order valence-corrected chi connectivity index (χ3v) is 3.56. The molecule has 1 heteroatoms. The molecule has 116 valence electrons. The molecule has 1 heterocycles. The number of benzene rings is 2. The maximum Gasteiger partial charge on any atom is 0.169 e. The first-order valence-electron chi connectivity index (χ1n) is 7.88. The predicted octanol–water partition coefficient (Wildman–Crippen LogP) is 5.13. The van der Waals surface area contributed by atoms with Gasteiger partial charge in [-0.15, -0.1) is 0 Å². The van der Waals surface area contributed by atoms with Crippen LogP contribution in [-0.4, -0.2) is 0 Å². The van der Waals surface area contributed by atoms with E-state index in [9.17, 15) is 0 Å². The van der Waals surface area contributed by atoms with Gasteiger partial charge in [0.15, 0.2) is 18.9 Å². The summed E-state index contributed by atoms with van der Waals surface area (Å²) >= 11 is 0. The van der Waals surface area contributed by atoms with Crippen LogP contribution in [0.1, 0.15) is 11.1 Å². The van der Waals surface area contributed by atoms with Crippen LogP contribution in [0.5, 0.6) is 0 Å². The van der Waals surface area contributed by atoms with Gasteiger partial charge in [-0.2, -0.15) is 0 Å². The molecule has 3 rings (SSSR count). The zero-order valence-electron chi connectivity index (χ0n) is 13.9. The molecule has 23 heavy (non-hydrogen) atoms. The first kappa shape index (κ1) is 16.7. The van der Waals surface area contributed by atoms with Crippen molar-refractivity contribution in [2.75, 3.05) is 0 Å². The molecule has 0 spiro atoms. The smallest absolute Gasteiger partial charge is 0.169 e. The third-order valence-electron chi connectivity index (χ3n) is 3.56. The van der Waals surface area contributed by atoms with E-state index in [4.69, 9.17) is 0 Å². The second kappa shape index (κ2) is 8.70. The molecular weight excluding hydrogens is 278 g/mol. The minimum Gasteiger partial charge on any atom is -0.201 e. The molecule has 1 nitrogen and oxygen atoms in total. The minimum absolute atomic E-state index is 0.856. The van der Waals surface area contributed by atoms with Crippen LogP contribution >= 0.6 is 0 Å². The Morgan fingerprint density at radius 3 is 1.70 bits per heavy atom. The number of aromatic nitrogens is 1. The van der Waals surface area contributed by atoms with Gasteiger partial charge in [-0.25, -0.2) is 4.57 Å². The van der Waals surface area contributed by atoms with E-state index in [0.717, 1.165) is 6.54 Å². The molecule has 0 aliphatic rings. The van der Waals surface area contributed by atoms with Crippen molar-refractivity contribution in [3.05, 3.63) is 103 Å². The lowest BCUT2D eigenvalue weighted by Crippen LogP contribution is -2.31. The van der Waals surface area contributed by atoms with Gasteiger partial charge in [0, 0.05) is 12.1 Å². The lowest BCUT2D eigenvalue weighted by molar-refractivity contribution is -0.686. The van der Waals surface area contributed by atoms with Crippen LogP contribution in [0.25, 0.3) is 11.1 Å². The Morgan fingerprint density at radius 1 is 0.739 bits per heavy atom. The third kappa shape index (κ3) is 5.55. The van der Waals surface area contributed by atoms with Gasteiger partial charge in [0.1, 0.15) is 0 Å². The Labute approximate surface area is 139 Å². The van der Waals surface area contributed by atoms with Crippen LogP contribution < -0.4 is 4.57 Å². The second-order valence-corrected chi connectivity index (χ2v) is 5.59. The fourth-order valence-electron chi connectivity index (χ4n) is 2.19. The first-order chi connectivity index (χ1) is 11.2. The Morgan fingerprint density at radius 2 is 1.22 bits per heavy atom. The molecule has 0 fully saturated rings. The Balaban J connectivity index is 0.000000203. The second-order valence-electron chi connectivity index (χ2n) is 5.59. The summed E-state index contributed by atoms with van der Waals surface area (Å²) in [5.74, 6) is 0. The van der Waals surface area contributed by atoms with Crippen LogP contribution in [0.4, 0.5) is 0 Å². The summed E-state index contributed by atoms with van der Waals surface area (Å²) in [7, 11) is 0. The Kier molecular flexibility index (Phi) is 6.31. The molecule has 0 amide bonds. The monoisotopic (exact) mass is 302 g/mol. The van der Waals surface area contributed by atoms with Crippen LogP contribution in [0.3, 0.4) is 0 Å². The van der Waals surface area contributed by atoms with E-state index in [1.807, 2.05) is 12.1 Å². The number of rotatable bonds is 3. The van der Waals surface area contributed by atoms with Gasteiger partial charge in [0.25, 0.3) is 0 Å². The van der Waals surface area contributed by atoms with Crippen molar-refractivity contribution in [2.45, 2.75) is 20.4 Å². The largest absolute Gasteiger partial charge is 0.201 e. The van der Waals surface area contributed by atoms with Crippen molar-refractivity contribution in [3.8, 4) is 11.1 Å². The zero-order chi connectivity index (χ0) is 16.5. The maximum atomic E-state index is 3.72. The van der Waals surface area contributed by atoms with Crippen LogP contribution in [0, 0.1) is 13.8 Å². The number of nitrogens with zero attached hydrogens (tertiary/aromatic N) is 1. The molecule has 0 N–H and O–H groups in total. The summed E-state index contributed by atoms with van der Waals surface area (Å²) < 4.78 is 2.10. The van der Waals surface area contributed by atoms with Crippen molar-refractivity contribution in [1.82, 2.24) is 0 Å². The van der Waals surface area contributed by atoms with Crippen LogP contribution in [-0.2, 0) is 6.54 Å². The fraction of sp³-hybridized carbons (Fsp3) is 0.136. The van der Waals surface area contributed by atoms with Gasteiger partial charge in [0.2, 0.25) is 0 Å². The Hall–Kier alpha value is -2.67. The van der Waals surface area contributed by atoms with Gasteiger partial charge < -0.3 is 0 Å². The highest BCUT2D eigenvalue weighted by molar-refractivity contribution is 5.61. The standard InChI is InChI=1S/C14H14N.C8H10/c1-2-10-15-11-8-14(9-12-15)13-6-4-3-5-7-13;1-7-3-5-8(2)6-4-7/h2-9,11-12H,1,10H2;3-6H,1-2H3/q+1;. The van der Waals surface area contributed by atoms with Crippen molar-refractivity contribution < 1.29 is 4.57 Å². The van der Waals surface area contributed by atoms with Gasteiger partial charge >= 0.3 is 0 Å². The highest BCUT2D eigenvalue weighted by atomic mass is 14.9. The molecule has 0 unspecified atom stereocenters. The van der Waals surface area contributed by atoms with E-state index in [1.165, 1.54) is 22.3 Å². The average molecular weight is 302 g/mol. The lowest BCUT2D eigenvalue weighted by atomic mass is 10.1. The van der Waals surface area contributed by atoms with E-state index >= 15 is 0 Å². The fourth-order valence-corrected chi connectivity index (χ4v) is 2.19. The molecule has 0 bridgehead atoms. The molecule has 3 aromatic rings. The maximum absolute atomic E-state index is 3.72. The van der Waals surface area contributed by atoms with Crippen molar-refractivity contribution in [1.29, 1.82) is 0 Å². The van der Waals surface area contributed by atoms with E-state index in [0.29, 0.717) is 0 Å². The number of aryl methyl sites for hydroxylation is 2. The molecule has 0 saturated carbocycles. The summed E-state index contributed by atoms with van der Waals surface area (Å²) in [5.41, 5.74) is 5.16. The SMILES string of the molecule is C=CC[n+]1ccc(-c2ccccc2)cc1.Cc1ccc(C)cc1. The van der Waals surface area contributed by atoms with E-state index in [-0.39, 0.29) is 0 Å². The number of hydrogen-bond acceptors (Lipinski definition) is 0. The molecule has 0 aliphatic heterocycles. The van der Waals surface area contributed by atoms with E-state index in [1.54, 1.807) is 0 Å². The number of hydrogen-bond donors (Lipinski definition) is 0. The number of pyridine rings is 1.